The topological polar surface area (TPSA) is 83.5 Å². The lowest BCUT2D eigenvalue weighted by Gasteiger charge is -2.12. The Hall–Kier alpha value is -1.40. The molecule has 0 saturated carbocycles. The number of anilines is 1. The molecule has 2 N–H and O–H groups in total. The Kier molecular flexibility index (Phi) is 4.25. The molecule has 1 unspecified atom stereocenters. The zero-order valence-electron chi connectivity index (χ0n) is 9.67. The standard InChI is InChI=1S/C11H15NO4S/c1-8(13)9-5-3-4-6-10(9)12-11(14)7-17(2,15)16/h3-6,8,13H,7H2,1-2H3,(H,12,14). The van der Waals surface area contributed by atoms with Crippen molar-refractivity contribution in [3.8, 4) is 0 Å². The van der Waals surface area contributed by atoms with E-state index in [0.29, 0.717) is 11.3 Å². The number of benzene rings is 1. The van der Waals surface area contributed by atoms with Crippen LogP contribution in [0.15, 0.2) is 24.3 Å². The summed E-state index contributed by atoms with van der Waals surface area (Å²) in [6, 6.07) is 6.71. The first-order valence-corrected chi connectivity index (χ1v) is 7.10. The van der Waals surface area contributed by atoms with E-state index in [1.54, 1.807) is 31.2 Å². The molecule has 0 spiro atoms. The average Bonchev–Trinajstić information content (AvgIpc) is 2.14. The number of amides is 1. The number of nitrogens with one attached hydrogen (secondary N) is 1. The summed E-state index contributed by atoms with van der Waals surface area (Å²) in [7, 11) is -3.35. The molecule has 1 atom stereocenters. The molecule has 0 aliphatic carbocycles. The van der Waals surface area contributed by atoms with Crippen LogP contribution in [-0.4, -0.2) is 31.4 Å². The van der Waals surface area contributed by atoms with E-state index in [9.17, 15) is 18.3 Å². The summed E-state index contributed by atoms with van der Waals surface area (Å²) in [4.78, 5) is 11.4. The second kappa shape index (κ2) is 5.29. The zero-order chi connectivity index (χ0) is 13.1. The average molecular weight is 257 g/mol. The van der Waals surface area contributed by atoms with E-state index in [4.69, 9.17) is 0 Å². The van der Waals surface area contributed by atoms with Gasteiger partial charge in [-0.05, 0) is 13.0 Å². The fourth-order valence-electron chi connectivity index (χ4n) is 1.40. The number of para-hydroxylation sites is 1. The van der Waals surface area contributed by atoms with E-state index >= 15 is 0 Å². The van der Waals surface area contributed by atoms with Crippen molar-refractivity contribution in [2.24, 2.45) is 0 Å². The highest BCUT2D eigenvalue weighted by Crippen LogP contribution is 2.21. The first kappa shape index (κ1) is 13.7. The molecular formula is C11H15NO4S. The lowest BCUT2D eigenvalue weighted by atomic mass is 10.1. The van der Waals surface area contributed by atoms with Crippen LogP contribution >= 0.6 is 0 Å². The quantitative estimate of drug-likeness (QED) is 0.832. The number of carbonyl (C=O) groups excluding carboxylic acids is 1. The van der Waals surface area contributed by atoms with E-state index in [2.05, 4.69) is 5.32 Å². The summed E-state index contributed by atoms with van der Waals surface area (Å²) in [5.41, 5.74) is 0.977. The summed E-state index contributed by atoms with van der Waals surface area (Å²) >= 11 is 0. The van der Waals surface area contributed by atoms with Crippen LogP contribution in [0.5, 0.6) is 0 Å². The highest BCUT2D eigenvalue weighted by molar-refractivity contribution is 7.91. The molecule has 0 saturated heterocycles. The molecule has 1 rings (SSSR count). The van der Waals surface area contributed by atoms with Crippen LogP contribution in [0, 0.1) is 0 Å². The molecule has 17 heavy (non-hydrogen) atoms. The van der Waals surface area contributed by atoms with Gasteiger partial charge in [-0.15, -0.1) is 0 Å². The molecule has 1 aromatic rings. The fourth-order valence-corrected chi connectivity index (χ4v) is 1.95. The second-order valence-electron chi connectivity index (χ2n) is 3.88. The Morgan fingerprint density at radius 3 is 2.53 bits per heavy atom. The van der Waals surface area contributed by atoms with Gasteiger partial charge < -0.3 is 10.4 Å². The predicted molar refractivity (Wildman–Crippen MR) is 65.4 cm³/mol. The van der Waals surface area contributed by atoms with Crippen molar-refractivity contribution in [2.45, 2.75) is 13.0 Å². The minimum Gasteiger partial charge on any atom is -0.389 e. The molecule has 0 heterocycles. The Morgan fingerprint density at radius 1 is 1.41 bits per heavy atom. The van der Waals surface area contributed by atoms with Gasteiger partial charge in [0, 0.05) is 17.5 Å². The fraction of sp³-hybridized carbons (Fsp3) is 0.364. The highest BCUT2D eigenvalue weighted by atomic mass is 32.2. The third-order valence-corrected chi connectivity index (χ3v) is 2.86. The number of sulfone groups is 1. The lowest BCUT2D eigenvalue weighted by molar-refractivity contribution is -0.113. The van der Waals surface area contributed by atoms with Crippen LogP contribution < -0.4 is 5.32 Å². The van der Waals surface area contributed by atoms with Crippen molar-refractivity contribution < 1.29 is 18.3 Å². The van der Waals surface area contributed by atoms with Crippen molar-refractivity contribution in [2.75, 3.05) is 17.3 Å². The Morgan fingerprint density at radius 2 is 2.00 bits per heavy atom. The molecule has 0 aromatic heterocycles. The smallest absolute Gasteiger partial charge is 0.239 e. The van der Waals surface area contributed by atoms with Crippen LogP contribution in [0.2, 0.25) is 0 Å². The maximum absolute atomic E-state index is 11.4. The number of aliphatic hydroxyl groups is 1. The number of aliphatic hydroxyl groups excluding tert-OH is 1. The van der Waals surface area contributed by atoms with E-state index < -0.39 is 27.6 Å². The summed E-state index contributed by atoms with van der Waals surface area (Å²) in [5, 5.41) is 12.0. The molecule has 5 nitrogen and oxygen atoms in total. The maximum Gasteiger partial charge on any atom is 0.239 e. The number of hydrogen-bond acceptors (Lipinski definition) is 4. The van der Waals surface area contributed by atoms with Gasteiger partial charge in [-0.2, -0.15) is 0 Å². The largest absolute Gasteiger partial charge is 0.389 e. The van der Waals surface area contributed by atoms with E-state index in [1.165, 1.54) is 0 Å². The third kappa shape index (κ3) is 4.54. The molecule has 0 bridgehead atoms. The zero-order valence-corrected chi connectivity index (χ0v) is 10.5. The van der Waals surface area contributed by atoms with Gasteiger partial charge in [0.15, 0.2) is 9.84 Å². The molecule has 1 aromatic carbocycles. The number of rotatable bonds is 4. The Labute approximate surface area is 100 Å². The van der Waals surface area contributed by atoms with Gasteiger partial charge in [-0.3, -0.25) is 4.79 Å². The van der Waals surface area contributed by atoms with Crippen molar-refractivity contribution in [3.63, 3.8) is 0 Å². The summed E-state index contributed by atoms with van der Waals surface area (Å²) < 4.78 is 21.9. The van der Waals surface area contributed by atoms with Gasteiger partial charge in [-0.1, -0.05) is 18.2 Å². The molecule has 0 aliphatic heterocycles. The number of hydrogen-bond donors (Lipinski definition) is 2. The minimum absolute atomic E-state index is 0.427. The van der Waals surface area contributed by atoms with Gasteiger partial charge >= 0.3 is 0 Å². The predicted octanol–water partition coefficient (Wildman–Crippen LogP) is 0.723. The Balaban J connectivity index is 2.85. The minimum atomic E-state index is -3.35. The first-order chi connectivity index (χ1) is 7.79. The van der Waals surface area contributed by atoms with Crippen molar-refractivity contribution in [1.82, 2.24) is 0 Å². The maximum atomic E-state index is 11.4. The second-order valence-corrected chi connectivity index (χ2v) is 6.02. The third-order valence-electron chi connectivity index (χ3n) is 2.08. The lowest BCUT2D eigenvalue weighted by Crippen LogP contribution is -2.22. The normalized spacial score (nSPS) is 13.1. The van der Waals surface area contributed by atoms with Crippen LogP contribution in [0.3, 0.4) is 0 Å². The summed E-state index contributed by atoms with van der Waals surface area (Å²) in [5.74, 6) is -1.18. The number of carbonyl (C=O) groups is 1. The van der Waals surface area contributed by atoms with Gasteiger partial charge in [0.2, 0.25) is 5.91 Å². The van der Waals surface area contributed by atoms with Crippen molar-refractivity contribution >= 4 is 21.4 Å². The Bertz CT molecular complexity index is 508. The summed E-state index contributed by atoms with van der Waals surface area (Å²) in [6.07, 6.45) is 0.261. The first-order valence-electron chi connectivity index (χ1n) is 5.04. The summed E-state index contributed by atoms with van der Waals surface area (Å²) in [6.45, 7) is 1.57. The van der Waals surface area contributed by atoms with Crippen LogP contribution in [-0.2, 0) is 14.6 Å². The van der Waals surface area contributed by atoms with E-state index in [0.717, 1.165) is 6.26 Å². The van der Waals surface area contributed by atoms with Crippen molar-refractivity contribution in [1.29, 1.82) is 0 Å². The molecule has 94 valence electrons. The monoisotopic (exact) mass is 257 g/mol. The molecule has 0 fully saturated rings. The van der Waals surface area contributed by atoms with E-state index in [-0.39, 0.29) is 0 Å². The SMILES string of the molecule is CC(O)c1ccccc1NC(=O)CS(C)(=O)=O. The van der Waals surface area contributed by atoms with Crippen molar-refractivity contribution in [3.05, 3.63) is 29.8 Å². The van der Waals surface area contributed by atoms with Gasteiger partial charge in [-0.25, -0.2) is 8.42 Å². The molecular weight excluding hydrogens is 242 g/mol. The molecule has 6 heteroatoms. The van der Waals surface area contributed by atoms with Crippen LogP contribution in [0.4, 0.5) is 5.69 Å². The molecule has 1 amide bonds. The van der Waals surface area contributed by atoms with Gasteiger partial charge in [0.25, 0.3) is 0 Å². The van der Waals surface area contributed by atoms with E-state index in [1.807, 2.05) is 0 Å². The van der Waals surface area contributed by atoms with Gasteiger partial charge in [0.1, 0.15) is 5.75 Å². The van der Waals surface area contributed by atoms with Crippen LogP contribution in [0.1, 0.15) is 18.6 Å². The van der Waals surface area contributed by atoms with Crippen LogP contribution in [0.25, 0.3) is 0 Å². The molecule has 0 aliphatic rings. The molecule has 0 radical (unpaired) electrons. The highest BCUT2D eigenvalue weighted by Gasteiger charge is 2.13. The van der Waals surface area contributed by atoms with Gasteiger partial charge in [0.05, 0.1) is 6.10 Å².